The van der Waals surface area contributed by atoms with Gasteiger partial charge in [0.1, 0.15) is 11.1 Å². The summed E-state index contributed by atoms with van der Waals surface area (Å²) >= 11 is 0. The van der Waals surface area contributed by atoms with Crippen molar-refractivity contribution in [3.8, 4) is 0 Å². The highest BCUT2D eigenvalue weighted by Crippen LogP contribution is 2.23. The molecular formula is C20H28N2O3. The van der Waals surface area contributed by atoms with Crippen molar-refractivity contribution in [2.45, 2.75) is 52.6 Å². The standard InChI is InChI=1S/C20H28N2O3/c1-7-8-9-18-21-16-11-10-15(12-17(16)24-18)14(2)13-22(6)19(23)25-20(3,4)5/h10-12H,2,7-9,13H2,1,3-6H3. The number of carbonyl (C=O) groups is 1. The topological polar surface area (TPSA) is 55.6 Å². The number of ether oxygens (including phenoxy) is 1. The van der Waals surface area contributed by atoms with Gasteiger partial charge in [-0.2, -0.15) is 0 Å². The van der Waals surface area contributed by atoms with Crippen LogP contribution in [0.5, 0.6) is 0 Å². The predicted molar refractivity (Wildman–Crippen MR) is 101 cm³/mol. The summed E-state index contributed by atoms with van der Waals surface area (Å²) in [5.41, 5.74) is 2.84. The molecule has 1 aromatic heterocycles. The Hall–Kier alpha value is -2.30. The summed E-state index contributed by atoms with van der Waals surface area (Å²) in [6.07, 6.45) is 2.66. The second kappa shape index (κ2) is 7.72. The monoisotopic (exact) mass is 344 g/mol. The van der Waals surface area contributed by atoms with Crippen molar-refractivity contribution in [2.24, 2.45) is 0 Å². The normalized spacial score (nSPS) is 11.6. The summed E-state index contributed by atoms with van der Waals surface area (Å²) in [6.45, 7) is 12.2. The average Bonchev–Trinajstić information content (AvgIpc) is 2.92. The number of unbranched alkanes of at least 4 members (excludes halogenated alkanes) is 1. The van der Waals surface area contributed by atoms with E-state index in [4.69, 9.17) is 9.15 Å². The minimum absolute atomic E-state index is 0.365. The van der Waals surface area contributed by atoms with Crippen LogP contribution in [0.3, 0.4) is 0 Å². The second-order valence-electron chi connectivity index (χ2n) is 7.33. The molecular weight excluding hydrogens is 316 g/mol. The molecule has 1 heterocycles. The van der Waals surface area contributed by atoms with Crippen LogP contribution >= 0.6 is 0 Å². The van der Waals surface area contributed by atoms with Crippen LogP contribution in [0.4, 0.5) is 4.79 Å². The maximum Gasteiger partial charge on any atom is 0.410 e. The lowest BCUT2D eigenvalue weighted by Crippen LogP contribution is -2.34. The van der Waals surface area contributed by atoms with Crippen LogP contribution in [0.2, 0.25) is 0 Å². The van der Waals surface area contributed by atoms with Gasteiger partial charge in [0.15, 0.2) is 11.5 Å². The molecule has 0 atom stereocenters. The minimum atomic E-state index is -0.514. The van der Waals surface area contributed by atoms with Crippen LogP contribution in [0.1, 0.15) is 52.0 Å². The fourth-order valence-corrected chi connectivity index (χ4v) is 2.41. The molecule has 0 saturated heterocycles. The fourth-order valence-electron chi connectivity index (χ4n) is 2.41. The van der Waals surface area contributed by atoms with Gasteiger partial charge < -0.3 is 14.1 Å². The van der Waals surface area contributed by atoms with Crippen molar-refractivity contribution in [1.29, 1.82) is 0 Å². The van der Waals surface area contributed by atoms with Crippen molar-refractivity contribution in [3.63, 3.8) is 0 Å². The van der Waals surface area contributed by atoms with Crippen molar-refractivity contribution in [3.05, 3.63) is 36.2 Å². The summed E-state index contributed by atoms with van der Waals surface area (Å²) in [7, 11) is 1.70. The number of fused-ring (bicyclic) bond motifs is 1. The van der Waals surface area contributed by atoms with Crippen molar-refractivity contribution < 1.29 is 13.9 Å². The van der Waals surface area contributed by atoms with Gasteiger partial charge in [-0.3, -0.25) is 0 Å². The van der Waals surface area contributed by atoms with Crippen molar-refractivity contribution >= 4 is 22.8 Å². The number of benzene rings is 1. The largest absolute Gasteiger partial charge is 0.444 e. The molecule has 2 rings (SSSR count). The highest BCUT2D eigenvalue weighted by atomic mass is 16.6. The number of nitrogens with zero attached hydrogens (tertiary/aromatic N) is 2. The molecule has 5 heteroatoms. The van der Waals surface area contributed by atoms with E-state index in [2.05, 4.69) is 18.5 Å². The van der Waals surface area contributed by atoms with Crippen LogP contribution in [0.25, 0.3) is 16.7 Å². The van der Waals surface area contributed by atoms with E-state index in [1.165, 1.54) is 4.90 Å². The third kappa shape index (κ3) is 5.34. The highest BCUT2D eigenvalue weighted by Gasteiger charge is 2.20. The average molecular weight is 344 g/mol. The van der Waals surface area contributed by atoms with Crippen LogP contribution < -0.4 is 0 Å². The van der Waals surface area contributed by atoms with Gasteiger partial charge in [-0.05, 0) is 50.5 Å². The lowest BCUT2D eigenvalue weighted by Gasteiger charge is -2.25. The molecule has 1 aromatic carbocycles. The first-order valence-electron chi connectivity index (χ1n) is 8.71. The molecule has 0 spiro atoms. The number of carbonyl (C=O) groups excluding carboxylic acids is 1. The van der Waals surface area contributed by atoms with Gasteiger partial charge >= 0.3 is 6.09 Å². The number of oxazole rings is 1. The van der Waals surface area contributed by atoms with Gasteiger partial charge in [-0.15, -0.1) is 0 Å². The third-order valence-electron chi connectivity index (χ3n) is 3.72. The Morgan fingerprint density at radius 2 is 2.08 bits per heavy atom. The number of amides is 1. The molecule has 0 unspecified atom stereocenters. The zero-order valence-electron chi connectivity index (χ0n) is 15.9. The summed E-state index contributed by atoms with van der Waals surface area (Å²) in [6, 6.07) is 5.82. The number of rotatable bonds is 6. The van der Waals surface area contributed by atoms with Gasteiger partial charge in [-0.25, -0.2) is 9.78 Å². The van der Waals surface area contributed by atoms with Crippen LogP contribution in [0.15, 0.2) is 29.2 Å². The van der Waals surface area contributed by atoms with E-state index >= 15 is 0 Å². The van der Waals surface area contributed by atoms with E-state index in [0.717, 1.165) is 47.4 Å². The molecule has 0 saturated carbocycles. The third-order valence-corrected chi connectivity index (χ3v) is 3.72. The number of aromatic nitrogens is 1. The Labute approximate surface area is 149 Å². The van der Waals surface area contributed by atoms with Crippen LogP contribution in [-0.4, -0.2) is 35.2 Å². The van der Waals surface area contributed by atoms with E-state index in [1.807, 2.05) is 39.0 Å². The SMILES string of the molecule is C=C(CN(C)C(=O)OC(C)(C)C)c1ccc2nc(CCCC)oc2c1. The lowest BCUT2D eigenvalue weighted by atomic mass is 10.1. The molecule has 0 N–H and O–H groups in total. The Morgan fingerprint density at radius 3 is 2.72 bits per heavy atom. The van der Waals surface area contributed by atoms with E-state index in [-0.39, 0.29) is 6.09 Å². The second-order valence-corrected chi connectivity index (χ2v) is 7.33. The molecule has 2 aromatic rings. The van der Waals surface area contributed by atoms with Crippen molar-refractivity contribution in [1.82, 2.24) is 9.88 Å². The van der Waals surface area contributed by atoms with Gasteiger partial charge in [0.25, 0.3) is 0 Å². The molecule has 136 valence electrons. The molecule has 1 amide bonds. The summed E-state index contributed by atoms with van der Waals surface area (Å²) in [5.74, 6) is 0.769. The maximum absolute atomic E-state index is 12.1. The van der Waals surface area contributed by atoms with E-state index in [1.54, 1.807) is 7.05 Å². The molecule has 0 aliphatic rings. The van der Waals surface area contributed by atoms with Gasteiger partial charge in [0.05, 0.1) is 0 Å². The Morgan fingerprint density at radius 1 is 1.36 bits per heavy atom. The number of hydrogen-bond donors (Lipinski definition) is 0. The lowest BCUT2D eigenvalue weighted by molar-refractivity contribution is 0.0321. The smallest absolute Gasteiger partial charge is 0.410 e. The van der Waals surface area contributed by atoms with Gasteiger partial charge in [0.2, 0.25) is 0 Å². The van der Waals surface area contributed by atoms with Gasteiger partial charge in [0, 0.05) is 20.0 Å². The molecule has 0 aliphatic heterocycles. The molecule has 0 bridgehead atoms. The molecule has 0 aliphatic carbocycles. The quantitative estimate of drug-likeness (QED) is 0.736. The molecule has 0 fully saturated rings. The molecule has 25 heavy (non-hydrogen) atoms. The predicted octanol–water partition coefficient (Wildman–Crippen LogP) is 5.05. The van der Waals surface area contributed by atoms with Gasteiger partial charge in [-0.1, -0.05) is 26.0 Å². The fraction of sp³-hybridized carbons (Fsp3) is 0.500. The summed E-state index contributed by atoms with van der Waals surface area (Å²) in [5, 5.41) is 0. The highest BCUT2D eigenvalue weighted by molar-refractivity contribution is 5.80. The number of aryl methyl sites for hydroxylation is 1. The number of likely N-dealkylation sites (N-methyl/N-ethyl adjacent to an activating group) is 1. The summed E-state index contributed by atoms with van der Waals surface area (Å²) in [4.78, 5) is 18.1. The Kier molecular flexibility index (Phi) is 5.88. The van der Waals surface area contributed by atoms with Crippen molar-refractivity contribution in [2.75, 3.05) is 13.6 Å². The molecule has 0 radical (unpaired) electrons. The zero-order chi connectivity index (χ0) is 18.6. The molecule has 5 nitrogen and oxygen atoms in total. The first-order valence-corrected chi connectivity index (χ1v) is 8.71. The Balaban J connectivity index is 2.07. The van der Waals surface area contributed by atoms with E-state index in [9.17, 15) is 4.79 Å². The zero-order valence-corrected chi connectivity index (χ0v) is 15.9. The minimum Gasteiger partial charge on any atom is -0.444 e. The maximum atomic E-state index is 12.1. The first kappa shape index (κ1) is 19.0. The summed E-state index contributed by atoms with van der Waals surface area (Å²) < 4.78 is 11.2. The first-order chi connectivity index (χ1) is 11.7. The van der Waals surface area contributed by atoms with Crippen LogP contribution in [-0.2, 0) is 11.2 Å². The van der Waals surface area contributed by atoms with Crippen LogP contribution in [0, 0.1) is 0 Å². The van der Waals surface area contributed by atoms with E-state index < -0.39 is 5.60 Å². The Bertz CT molecular complexity index is 756. The van der Waals surface area contributed by atoms with E-state index in [0.29, 0.717) is 6.54 Å². The number of hydrogen-bond acceptors (Lipinski definition) is 4.